The smallest absolute Gasteiger partial charge is 0.407 e. The molecular weight excluding hydrogens is 572 g/mol. The molecule has 0 fully saturated rings. The monoisotopic (exact) mass is 612 g/mol. The molecule has 0 spiro atoms. The van der Waals surface area contributed by atoms with Crippen LogP contribution in [0.2, 0.25) is 0 Å². The molecule has 0 saturated heterocycles. The first-order valence-electron chi connectivity index (χ1n) is 15.2. The average Bonchev–Trinajstić information content (AvgIpc) is 3.06. The summed E-state index contributed by atoms with van der Waals surface area (Å²) in [6, 6.07) is 38.1. The summed E-state index contributed by atoms with van der Waals surface area (Å²) >= 11 is 0. The minimum Gasteiger partial charge on any atom is -0.448 e. The van der Waals surface area contributed by atoms with Crippen LogP contribution in [0.25, 0.3) is 11.6 Å². The molecule has 4 aromatic rings. The fourth-order valence-electron chi connectivity index (χ4n) is 4.88. The second kappa shape index (κ2) is 15.9. The van der Waals surface area contributed by atoms with E-state index >= 15 is 0 Å². The van der Waals surface area contributed by atoms with Crippen molar-refractivity contribution in [2.24, 2.45) is 0 Å². The van der Waals surface area contributed by atoms with E-state index in [1.54, 1.807) is 6.08 Å². The number of rotatable bonds is 13. The third-order valence-corrected chi connectivity index (χ3v) is 7.48. The van der Waals surface area contributed by atoms with Gasteiger partial charge in [0.2, 0.25) is 0 Å². The van der Waals surface area contributed by atoms with Gasteiger partial charge in [-0.1, -0.05) is 103 Å². The Morgan fingerprint density at radius 3 is 2.07 bits per heavy atom. The number of anilines is 1. The number of nitriles is 1. The summed E-state index contributed by atoms with van der Waals surface area (Å²) in [5.41, 5.74) is 6.26. The Bertz CT molecular complexity index is 1660. The molecule has 0 heterocycles. The normalized spacial score (nSPS) is 11.2. The lowest BCUT2D eigenvalue weighted by atomic mass is 9.92. The van der Waals surface area contributed by atoms with Crippen LogP contribution in [-0.2, 0) is 28.2 Å². The Morgan fingerprint density at radius 1 is 0.891 bits per heavy atom. The predicted molar refractivity (Wildman–Crippen MR) is 184 cm³/mol. The van der Waals surface area contributed by atoms with E-state index in [-0.39, 0.29) is 18.7 Å². The maximum Gasteiger partial charge on any atom is 0.407 e. The number of allylic oxidation sites excluding steroid dienone is 1. The molecule has 0 aliphatic heterocycles. The van der Waals surface area contributed by atoms with E-state index in [4.69, 9.17) is 4.74 Å². The van der Waals surface area contributed by atoms with E-state index < -0.39 is 17.5 Å². The number of carbonyl (C=O) groups excluding carboxylic acids is 2. The summed E-state index contributed by atoms with van der Waals surface area (Å²) in [4.78, 5) is 27.5. The summed E-state index contributed by atoms with van der Waals surface area (Å²) in [7, 11) is 0. The van der Waals surface area contributed by atoms with Crippen molar-refractivity contribution in [1.82, 2.24) is 10.6 Å². The van der Waals surface area contributed by atoms with Gasteiger partial charge in [-0.15, -0.1) is 0 Å². The van der Waals surface area contributed by atoms with Crippen molar-refractivity contribution < 1.29 is 14.3 Å². The largest absolute Gasteiger partial charge is 0.448 e. The fourth-order valence-corrected chi connectivity index (χ4v) is 4.88. The minimum absolute atomic E-state index is 0.0406. The van der Waals surface area contributed by atoms with Crippen LogP contribution in [0, 0.1) is 11.3 Å². The Kier molecular flexibility index (Phi) is 11.5. The number of nitrogens with zero attached hydrogens (tertiary/aromatic N) is 2. The molecular formula is C39H40N4O3. The van der Waals surface area contributed by atoms with Gasteiger partial charge in [0.05, 0.1) is 12.1 Å². The van der Waals surface area contributed by atoms with Gasteiger partial charge in [0, 0.05) is 18.8 Å². The lowest BCUT2D eigenvalue weighted by molar-refractivity contribution is -0.117. The van der Waals surface area contributed by atoms with E-state index in [0.717, 1.165) is 41.0 Å². The highest BCUT2D eigenvalue weighted by Gasteiger charge is 2.24. The molecule has 7 nitrogen and oxygen atoms in total. The van der Waals surface area contributed by atoms with Crippen molar-refractivity contribution in [3.8, 4) is 6.07 Å². The molecule has 2 amide bonds. The molecule has 4 aromatic carbocycles. The molecule has 46 heavy (non-hydrogen) atoms. The minimum atomic E-state index is -0.682. The van der Waals surface area contributed by atoms with Crippen LogP contribution in [-0.4, -0.2) is 25.2 Å². The molecule has 0 aliphatic rings. The molecule has 0 aliphatic carbocycles. The highest BCUT2D eigenvalue weighted by Crippen LogP contribution is 2.24. The Labute approximate surface area is 271 Å². The molecule has 2 N–H and O–H groups in total. The Balaban J connectivity index is 1.32. The molecule has 234 valence electrons. The molecule has 7 heteroatoms. The quantitative estimate of drug-likeness (QED) is 0.0921. The van der Waals surface area contributed by atoms with Crippen LogP contribution in [0.15, 0.2) is 121 Å². The molecule has 0 aromatic heterocycles. The van der Waals surface area contributed by atoms with Gasteiger partial charge in [0.15, 0.2) is 0 Å². The summed E-state index contributed by atoms with van der Waals surface area (Å²) in [5.74, 6) is -0.540. The van der Waals surface area contributed by atoms with Crippen molar-refractivity contribution in [3.63, 3.8) is 0 Å². The van der Waals surface area contributed by atoms with Gasteiger partial charge in [0.1, 0.15) is 18.2 Å². The Hall–Kier alpha value is -5.61. The van der Waals surface area contributed by atoms with Crippen molar-refractivity contribution in [1.29, 1.82) is 5.26 Å². The molecule has 0 bridgehead atoms. The van der Waals surface area contributed by atoms with Crippen molar-refractivity contribution in [2.45, 2.75) is 39.4 Å². The highest BCUT2D eigenvalue weighted by molar-refractivity contribution is 6.01. The van der Waals surface area contributed by atoms with Crippen LogP contribution in [0.5, 0.6) is 0 Å². The molecule has 0 unspecified atom stereocenters. The zero-order valence-electron chi connectivity index (χ0n) is 26.6. The van der Waals surface area contributed by atoms with E-state index in [1.165, 1.54) is 11.1 Å². The zero-order valence-corrected chi connectivity index (χ0v) is 26.6. The molecule has 0 atom stereocenters. The van der Waals surface area contributed by atoms with Gasteiger partial charge in [-0.05, 0) is 72.9 Å². The fraction of sp³-hybridized carbons (Fsp3) is 0.205. The third-order valence-electron chi connectivity index (χ3n) is 7.48. The Morgan fingerprint density at radius 2 is 1.50 bits per heavy atom. The van der Waals surface area contributed by atoms with Gasteiger partial charge >= 0.3 is 6.09 Å². The van der Waals surface area contributed by atoms with Crippen molar-refractivity contribution >= 4 is 29.3 Å². The maximum atomic E-state index is 12.7. The summed E-state index contributed by atoms with van der Waals surface area (Å²) in [6.45, 7) is 11.1. The first-order valence-corrected chi connectivity index (χ1v) is 15.2. The topological polar surface area (TPSA) is 94.5 Å². The highest BCUT2D eigenvalue weighted by atomic mass is 16.5. The molecule has 0 saturated carbocycles. The molecule has 0 radical (unpaired) electrons. The molecule has 4 rings (SSSR count). The first-order chi connectivity index (χ1) is 22.1. The van der Waals surface area contributed by atoms with Crippen LogP contribution < -0.4 is 15.5 Å². The average molecular weight is 613 g/mol. The SMILES string of the molecule is C=C(C)c1cccc(C(C)(C)NC(=O)OCCNC(=O)C(C#N)=Cc2ccc(N(Cc3ccccc3)Cc3ccccc3)cc2)c1. The number of amides is 2. The predicted octanol–water partition coefficient (Wildman–Crippen LogP) is 7.61. The second-order valence-corrected chi connectivity index (χ2v) is 11.6. The number of hydrogen-bond acceptors (Lipinski definition) is 5. The van der Waals surface area contributed by atoms with E-state index in [0.29, 0.717) is 0 Å². The third kappa shape index (κ3) is 9.70. The second-order valence-electron chi connectivity index (χ2n) is 11.6. The van der Waals surface area contributed by atoms with Gasteiger partial charge in [-0.25, -0.2) is 4.79 Å². The van der Waals surface area contributed by atoms with Gasteiger partial charge in [0.25, 0.3) is 5.91 Å². The summed E-state index contributed by atoms with van der Waals surface area (Å²) in [6.07, 6.45) is 0.942. The lowest BCUT2D eigenvalue weighted by Crippen LogP contribution is -2.42. The zero-order chi connectivity index (χ0) is 32.9. The summed E-state index contributed by atoms with van der Waals surface area (Å²) < 4.78 is 5.29. The van der Waals surface area contributed by atoms with E-state index in [2.05, 4.69) is 46.4 Å². The lowest BCUT2D eigenvalue weighted by Gasteiger charge is -2.27. The first kappa shape index (κ1) is 33.3. The van der Waals surface area contributed by atoms with E-state index in [1.807, 2.05) is 112 Å². The van der Waals surface area contributed by atoms with Crippen molar-refractivity contribution in [2.75, 3.05) is 18.1 Å². The standard InChI is InChI=1S/C39H40N4O3/c1-29(2)33-16-11-17-35(25-33)39(3,4)42-38(45)46-23-22-41-37(44)34(26-40)24-30-18-20-36(21-19-30)43(27-31-12-7-5-8-13-31)28-32-14-9-6-10-15-32/h5-21,24-25H,1,22-23,27-28H2,2-4H3,(H,41,44)(H,42,45). The number of carbonyl (C=O) groups is 2. The number of alkyl carbamates (subject to hydrolysis) is 1. The summed E-state index contributed by atoms with van der Waals surface area (Å²) in [5, 5.41) is 15.2. The van der Waals surface area contributed by atoms with Crippen molar-refractivity contribution in [3.05, 3.63) is 149 Å². The van der Waals surface area contributed by atoms with Gasteiger partial charge in [-0.2, -0.15) is 5.26 Å². The number of benzene rings is 4. The van der Waals surface area contributed by atoms with Gasteiger partial charge < -0.3 is 20.3 Å². The van der Waals surface area contributed by atoms with Crippen LogP contribution >= 0.6 is 0 Å². The maximum absolute atomic E-state index is 12.7. The van der Waals surface area contributed by atoms with Crippen LogP contribution in [0.4, 0.5) is 10.5 Å². The number of nitrogens with one attached hydrogen (secondary N) is 2. The van der Waals surface area contributed by atoms with E-state index in [9.17, 15) is 14.9 Å². The number of ether oxygens (including phenoxy) is 1. The van der Waals surface area contributed by atoms with Crippen LogP contribution in [0.1, 0.15) is 48.6 Å². The van der Waals surface area contributed by atoms with Gasteiger partial charge in [-0.3, -0.25) is 4.79 Å². The van der Waals surface area contributed by atoms with Crippen LogP contribution in [0.3, 0.4) is 0 Å². The number of hydrogen-bond donors (Lipinski definition) is 2.